The number of carbonyl (C=O) groups excluding carboxylic acids is 2. The molecule has 4 heteroatoms. The van der Waals surface area contributed by atoms with Gasteiger partial charge >= 0.3 is 5.97 Å². The average molecular weight is 368 g/mol. The molecule has 0 N–H and O–H groups in total. The van der Waals surface area contributed by atoms with E-state index in [0.717, 1.165) is 17.6 Å². The smallest absolute Gasteiger partial charge is 0.308 e. The summed E-state index contributed by atoms with van der Waals surface area (Å²) in [6.45, 7) is 6.22. The summed E-state index contributed by atoms with van der Waals surface area (Å²) in [5.41, 5.74) is 2.11. The minimum Gasteiger partial charge on any atom is -0.428 e. The van der Waals surface area contributed by atoms with Crippen molar-refractivity contribution >= 4 is 18.5 Å². The Morgan fingerprint density at radius 2 is 2.07 bits per heavy atom. The highest BCUT2D eigenvalue weighted by Gasteiger charge is 2.21. The lowest BCUT2D eigenvalue weighted by atomic mass is 9.78. The summed E-state index contributed by atoms with van der Waals surface area (Å²) in [5, 5.41) is 0. The molecule has 4 nitrogen and oxygen atoms in total. The molecule has 27 heavy (non-hydrogen) atoms. The molecule has 0 radical (unpaired) electrons. The van der Waals surface area contributed by atoms with Gasteiger partial charge in [-0.15, -0.1) is 0 Å². The number of hydrogen-bond donors (Lipinski definition) is 0. The second-order valence-corrected chi connectivity index (χ2v) is 7.19. The molecule has 1 atom stereocenters. The third-order valence-corrected chi connectivity index (χ3v) is 4.71. The second-order valence-electron chi connectivity index (χ2n) is 7.19. The average Bonchev–Trinajstić information content (AvgIpc) is 2.62. The molecule has 0 saturated heterocycles. The molecule has 0 bridgehead atoms. The van der Waals surface area contributed by atoms with Crippen LogP contribution in [0.3, 0.4) is 0 Å². The molecular weight excluding hydrogens is 340 g/mol. The van der Waals surface area contributed by atoms with Crippen LogP contribution in [0.25, 0.3) is 6.08 Å². The van der Waals surface area contributed by atoms with Crippen LogP contribution in [0.4, 0.5) is 0 Å². The van der Waals surface area contributed by atoms with Crippen molar-refractivity contribution in [2.75, 3.05) is 0 Å². The van der Waals surface area contributed by atoms with Crippen LogP contribution in [-0.4, -0.2) is 12.4 Å². The molecule has 0 aromatic heterocycles. The summed E-state index contributed by atoms with van der Waals surface area (Å²) in [6.07, 6.45) is 16.6. The number of rotatable bonds is 9. The van der Waals surface area contributed by atoms with Crippen molar-refractivity contribution in [1.29, 1.82) is 0 Å². The summed E-state index contributed by atoms with van der Waals surface area (Å²) >= 11 is 0. The van der Waals surface area contributed by atoms with Gasteiger partial charge in [-0.25, -0.2) is 0 Å². The van der Waals surface area contributed by atoms with E-state index in [1.165, 1.54) is 38.7 Å². The van der Waals surface area contributed by atoms with Gasteiger partial charge in [0.15, 0.2) is 0 Å². The Bertz CT molecular complexity index is 758. The fraction of sp³-hybridized carbons (Fsp3) is 0.391. The van der Waals surface area contributed by atoms with Crippen molar-refractivity contribution in [2.45, 2.75) is 52.9 Å². The highest BCUT2D eigenvalue weighted by molar-refractivity contribution is 5.71. The quantitative estimate of drug-likeness (QED) is 0.245. The maximum absolute atomic E-state index is 11.1. The van der Waals surface area contributed by atoms with Gasteiger partial charge in [-0.1, -0.05) is 63.5 Å². The minimum absolute atomic E-state index is 0.240. The predicted molar refractivity (Wildman–Crippen MR) is 108 cm³/mol. The molecule has 0 aliphatic heterocycles. The third-order valence-electron chi connectivity index (χ3n) is 4.71. The predicted octanol–water partition coefficient (Wildman–Crippen LogP) is 5.63. The first-order valence-electron chi connectivity index (χ1n) is 9.46. The van der Waals surface area contributed by atoms with Gasteiger partial charge in [-0.05, 0) is 36.0 Å². The molecular formula is C23H28O4. The molecule has 1 aromatic rings. The molecule has 1 aromatic carbocycles. The first kappa shape index (κ1) is 20.7. The number of ether oxygens (including phenoxy) is 2. The van der Waals surface area contributed by atoms with Crippen molar-refractivity contribution in [3.8, 4) is 11.5 Å². The number of esters is 1. The molecule has 144 valence electrons. The van der Waals surface area contributed by atoms with E-state index in [1.807, 2.05) is 12.2 Å². The van der Waals surface area contributed by atoms with E-state index in [1.54, 1.807) is 12.1 Å². The number of carbonyl (C=O) groups is 2. The van der Waals surface area contributed by atoms with Crippen LogP contribution in [0, 0.1) is 5.41 Å². The van der Waals surface area contributed by atoms with Crippen molar-refractivity contribution < 1.29 is 19.1 Å². The highest BCUT2D eigenvalue weighted by Crippen LogP contribution is 2.35. The summed E-state index contributed by atoms with van der Waals surface area (Å²) in [6, 6.07) is 4.97. The second kappa shape index (κ2) is 9.91. The van der Waals surface area contributed by atoms with Gasteiger partial charge in [0, 0.05) is 18.6 Å². The summed E-state index contributed by atoms with van der Waals surface area (Å²) in [4.78, 5) is 21.8. The first-order chi connectivity index (χ1) is 13.0. The lowest BCUT2D eigenvalue weighted by Crippen LogP contribution is -2.14. The van der Waals surface area contributed by atoms with Crippen LogP contribution in [-0.2, 0) is 9.59 Å². The van der Waals surface area contributed by atoms with E-state index in [9.17, 15) is 9.59 Å². The molecule has 0 heterocycles. The molecule has 0 saturated carbocycles. The van der Waals surface area contributed by atoms with Crippen molar-refractivity contribution in [1.82, 2.24) is 0 Å². The summed E-state index contributed by atoms with van der Waals surface area (Å²) < 4.78 is 10.1. The zero-order chi connectivity index (χ0) is 19.7. The SMILES string of the molecule is CCCCCC1(C)C=CC(/C=C/c2ccc(OC(C)=O)cc2OC=O)=CC1. The van der Waals surface area contributed by atoms with Crippen LogP contribution in [0.15, 0.2) is 48.1 Å². The lowest BCUT2D eigenvalue weighted by Gasteiger charge is -2.27. The number of hydrogen-bond acceptors (Lipinski definition) is 4. The number of benzene rings is 1. The lowest BCUT2D eigenvalue weighted by molar-refractivity contribution is -0.131. The standard InChI is InChI=1S/C23H28O4/c1-4-5-6-13-23(3)14-11-19(12-15-23)7-8-20-9-10-21(27-18(2)25)16-22(20)26-17-24/h7-12,14,16-17H,4-6,13,15H2,1-3H3/b8-7+. The topological polar surface area (TPSA) is 52.6 Å². The Labute approximate surface area is 161 Å². The summed E-state index contributed by atoms with van der Waals surface area (Å²) in [5.74, 6) is 0.274. The number of unbranched alkanes of at least 4 members (excludes halogenated alkanes) is 2. The van der Waals surface area contributed by atoms with E-state index >= 15 is 0 Å². The van der Waals surface area contributed by atoms with Crippen molar-refractivity contribution in [3.63, 3.8) is 0 Å². The highest BCUT2D eigenvalue weighted by atomic mass is 16.5. The normalized spacial score (nSPS) is 19.0. The molecule has 0 amide bonds. The molecule has 0 fully saturated rings. The van der Waals surface area contributed by atoms with Gasteiger partial charge < -0.3 is 9.47 Å². The van der Waals surface area contributed by atoms with E-state index in [0.29, 0.717) is 18.0 Å². The van der Waals surface area contributed by atoms with Crippen molar-refractivity contribution in [2.24, 2.45) is 5.41 Å². The van der Waals surface area contributed by atoms with Crippen LogP contribution >= 0.6 is 0 Å². The monoisotopic (exact) mass is 368 g/mol. The molecule has 1 unspecified atom stereocenters. The van der Waals surface area contributed by atoms with E-state index < -0.39 is 5.97 Å². The Hall–Kier alpha value is -2.62. The Morgan fingerprint density at radius 1 is 1.26 bits per heavy atom. The molecule has 1 aliphatic rings. The Balaban J connectivity index is 2.07. The zero-order valence-corrected chi connectivity index (χ0v) is 16.4. The minimum atomic E-state index is -0.421. The summed E-state index contributed by atoms with van der Waals surface area (Å²) in [7, 11) is 0. The fourth-order valence-electron chi connectivity index (χ4n) is 3.09. The Morgan fingerprint density at radius 3 is 2.70 bits per heavy atom. The van der Waals surface area contributed by atoms with E-state index in [2.05, 4.69) is 32.1 Å². The zero-order valence-electron chi connectivity index (χ0n) is 16.4. The maximum atomic E-state index is 11.1. The van der Waals surface area contributed by atoms with Gasteiger partial charge in [-0.2, -0.15) is 0 Å². The van der Waals surface area contributed by atoms with Crippen LogP contribution in [0.1, 0.15) is 58.4 Å². The van der Waals surface area contributed by atoms with Gasteiger partial charge in [0.25, 0.3) is 6.47 Å². The van der Waals surface area contributed by atoms with Gasteiger partial charge in [0.1, 0.15) is 11.5 Å². The Kier molecular flexibility index (Phi) is 7.59. The van der Waals surface area contributed by atoms with Gasteiger partial charge in [-0.3, -0.25) is 9.59 Å². The first-order valence-corrected chi connectivity index (χ1v) is 9.46. The molecule has 1 aliphatic carbocycles. The number of allylic oxidation sites excluding steroid dienone is 5. The van der Waals surface area contributed by atoms with Crippen LogP contribution < -0.4 is 9.47 Å². The fourth-order valence-corrected chi connectivity index (χ4v) is 3.09. The maximum Gasteiger partial charge on any atom is 0.308 e. The van der Waals surface area contributed by atoms with Crippen LogP contribution in [0.2, 0.25) is 0 Å². The van der Waals surface area contributed by atoms with E-state index in [-0.39, 0.29) is 5.41 Å². The van der Waals surface area contributed by atoms with Crippen molar-refractivity contribution in [3.05, 3.63) is 53.6 Å². The van der Waals surface area contributed by atoms with E-state index in [4.69, 9.17) is 9.47 Å². The molecule has 0 spiro atoms. The van der Waals surface area contributed by atoms with Gasteiger partial charge in [0.2, 0.25) is 0 Å². The third kappa shape index (κ3) is 6.55. The van der Waals surface area contributed by atoms with Crippen LogP contribution in [0.5, 0.6) is 11.5 Å². The largest absolute Gasteiger partial charge is 0.428 e. The molecule has 2 rings (SSSR count). The van der Waals surface area contributed by atoms with Gasteiger partial charge in [0.05, 0.1) is 0 Å².